The molecule has 0 spiro atoms. The Balaban J connectivity index is 1.73. The second kappa shape index (κ2) is 7.34. The third kappa shape index (κ3) is 3.79. The molecular weight excluding hydrogens is 316 g/mol. The van der Waals surface area contributed by atoms with E-state index in [0.717, 1.165) is 11.4 Å². The van der Waals surface area contributed by atoms with Crippen LogP contribution in [0.4, 0.5) is 11.4 Å². The van der Waals surface area contributed by atoms with Gasteiger partial charge in [-0.1, -0.05) is 18.2 Å². The van der Waals surface area contributed by atoms with E-state index in [9.17, 15) is 9.59 Å². The lowest BCUT2D eigenvalue weighted by Gasteiger charge is -2.34. The molecular formula is C19H22N4O2. The maximum absolute atomic E-state index is 12.7. The van der Waals surface area contributed by atoms with E-state index in [2.05, 4.69) is 4.98 Å². The second-order valence-electron chi connectivity index (χ2n) is 6.09. The summed E-state index contributed by atoms with van der Waals surface area (Å²) in [4.78, 5) is 33.9. The Bertz CT molecular complexity index is 755. The number of piperazine rings is 1. The number of para-hydroxylation sites is 1. The summed E-state index contributed by atoms with van der Waals surface area (Å²) in [6.45, 7) is 3.79. The monoisotopic (exact) mass is 338 g/mol. The number of hydrogen-bond acceptors (Lipinski definition) is 4. The van der Waals surface area contributed by atoms with Gasteiger partial charge in [-0.2, -0.15) is 0 Å². The standard InChI is InChI=1S/C19H22N4O2/c1-15(24)22-10-12-23(13-11-22)19(25)18-14-17(8-9-20-18)21(2)16-6-4-3-5-7-16/h3-9,14H,10-13H2,1-2H3. The van der Waals surface area contributed by atoms with Gasteiger partial charge in [-0.3, -0.25) is 14.6 Å². The van der Waals surface area contributed by atoms with E-state index < -0.39 is 0 Å². The largest absolute Gasteiger partial charge is 0.345 e. The van der Waals surface area contributed by atoms with Crippen LogP contribution in [-0.4, -0.2) is 59.8 Å². The molecule has 1 saturated heterocycles. The van der Waals surface area contributed by atoms with Gasteiger partial charge in [-0.25, -0.2) is 0 Å². The van der Waals surface area contributed by atoms with Crippen LogP contribution in [0.15, 0.2) is 48.7 Å². The molecule has 2 aromatic rings. The van der Waals surface area contributed by atoms with E-state index in [1.807, 2.05) is 54.4 Å². The van der Waals surface area contributed by atoms with Gasteiger partial charge in [0.05, 0.1) is 0 Å². The van der Waals surface area contributed by atoms with Crippen LogP contribution in [0, 0.1) is 0 Å². The van der Waals surface area contributed by atoms with Crippen LogP contribution in [-0.2, 0) is 4.79 Å². The van der Waals surface area contributed by atoms with Crippen molar-refractivity contribution in [1.29, 1.82) is 0 Å². The van der Waals surface area contributed by atoms with Crippen LogP contribution in [0.25, 0.3) is 0 Å². The number of hydrogen-bond donors (Lipinski definition) is 0. The first-order valence-corrected chi connectivity index (χ1v) is 8.36. The molecule has 2 heterocycles. The SMILES string of the molecule is CC(=O)N1CCN(C(=O)c2cc(N(C)c3ccccc3)ccn2)CC1. The van der Waals surface area contributed by atoms with E-state index in [1.54, 1.807) is 22.9 Å². The topological polar surface area (TPSA) is 56.8 Å². The molecule has 0 saturated carbocycles. The minimum Gasteiger partial charge on any atom is -0.345 e. The van der Waals surface area contributed by atoms with Crippen molar-refractivity contribution in [2.45, 2.75) is 6.92 Å². The molecule has 0 unspecified atom stereocenters. The van der Waals surface area contributed by atoms with Gasteiger partial charge < -0.3 is 14.7 Å². The Kier molecular flexibility index (Phi) is 4.97. The number of benzene rings is 1. The zero-order valence-corrected chi connectivity index (χ0v) is 14.6. The summed E-state index contributed by atoms with van der Waals surface area (Å²) in [7, 11) is 1.96. The summed E-state index contributed by atoms with van der Waals surface area (Å²) >= 11 is 0. The third-order valence-corrected chi connectivity index (χ3v) is 4.51. The average Bonchev–Trinajstić information content (AvgIpc) is 2.67. The lowest BCUT2D eigenvalue weighted by atomic mass is 10.2. The van der Waals surface area contributed by atoms with Crippen molar-refractivity contribution in [3.63, 3.8) is 0 Å². The first kappa shape index (κ1) is 17.0. The van der Waals surface area contributed by atoms with Crippen molar-refractivity contribution in [2.75, 3.05) is 38.1 Å². The van der Waals surface area contributed by atoms with Gasteiger partial charge >= 0.3 is 0 Å². The van der Waals surface area contributed by atoms with Crippen molar-refractivity contribution in [1.82, 2.24) is 14.8 Å². The normalized spacial score (nSPS) is 14.3. The van der Waals surface area contributed by atoms with Crippen molar-refractivity contribution >= 4 is 23.2 Å². The summed E-state index contributed by atoms with van der Waals surface area (Å²) in [5.41, 5.74) is 2.38. The zero-order chi connectivity index (χ0) is 17.8. The van der Waals surface area contributed by atoms with E-state index in [4.69, 9.17) is 0 Å². The second-order valence-corrected chi connectivity index (χ2v) is 6.09. The fourth-order valence-electron chi connectivity index (χ4n) is 2.93. The van der Waals surface area contributed by atoms with Crippen LogP contribution in [0.3, 0.4) is 0 Å². The van der Waals surface area contributed by atoms with Gasteiger partial charge in [-0.15, -0.1) is 0 Å². The molecule has 1 aliphatic rings. The Morgan fingerprint density at radius 1 is 0.960 bits per heavy atom. The van der Waals surface area contributed by atoms with Crippen molar-refractivity contribution in [2.24, 2.45) is 0 Å². The lowest BCUT2D eigenvalue weighted by molar-refractivity contribution is -0.130. The lowest BCUT2D eigenvalue weighted by Crippen LogP contribution is -2.50. The van der Waals surface area contributed by atoms with E-state index >= 15 is 0 Å². The van der Waals surface area contributed by atoms with Crippen LogP contribution in [0.2, 0.25) is 0 Å². The van der Waals surface area contributed by atoms with Gasteiger partial charge in [0.15, 0.2) is 0 Å². The smallest absolute Gasteiger partial charge is 0.272 e. The Morgan fingerprint density at radius 3 is 2.24 bits per heavy atom. The summed E-state index contributed by atoms with van der Waals surface area (Å²) in [5, 5.41) is 0. The molecule has 25 heavy (non-hydrogen) atoms. The average molecular weight is 338 g/mol. The molecule has 130 valence electrons. The molecule has 0 aliphatic carbocycles. The summed E-state index contributed by atoms with van der Waals surface area (Å²) in [6, 6.07) is 13.7. The van der Waals surface area contributed by atoms with Crippen LogP contribution in [0.1, 0.15) is 17.4 Å². The van der Waals surface area contributed by atoms with Gasteiger partial charge in [0, 0.05) is 57.7 Å². The van der Waals surface area contributed by atoms with Gasteiger partial charge in [0.25, 0.3) is 5.91 Å². The van der Waals surface area contributed by atoms with Gasteiger partial charge in [0.2, 0.25) is 5.91 Å². The molecule has 1 aliphatic heterocycles. The fourth-order valence-corrected chi connectivity index (χ4v) is 2.93. The van der Waals surface area contributed by atoms with E-state index in [1.165, 1.54) is 0 Å². The molecule has 0 bridgehead atoms. The minimum absolute atomic E-state index is 0.0525. The molecule has 1 aromatic carbocycles. The molecule has 2 amide bonds. The summed E-state index contributed by atoms with van der Waals surface area (Å²) < 4.78 is 0. The highest BCUT2D eigenvalue weighted by molar-refractivity contribution is 5.93. The van der Waals surface area contributed by atoms with E-state index in [-0.39, 0.29) is 11.8 Å². The quantitative estimate of drug-likeness (QED) is 0.860. The molecule has 3 rings (SSSR count). The van der Waals surface area contributed by atoms with Crippen molar-refractivity contribution in [3.8, 4) is 0 Å². The number of nitrogens with zero attached hydrogens (tertiary/aromatic N) is 4. The number of aromatic nitrogens is 1. The highest BCUT2D eigenvalue weighted by Crippen LogP contribution is 2.23. The number of anilines is 2. The molecule has 1 fully saturated rings. The van der Waals surface area contributed by atoms with Gasteiger partial charge in [0.1, 0.15) is 5.69 Å². The fraction of sp³-hybridized carbons (Fsp3) is 0.316. The Morgan fingerprint density at radius 2 is 1.60 bits per heavy atom. The Hall–Kier alpha value is -2.89. The van der Waals surface area contributed by atoms with Crippen LogP contribution in [0.5, 0.6) is 0 Å². The summed E-state index contributed by atoms with van der Waals surface area (Å²) in [5.74, 6) is -0.0387. The number of pyridine rings is 1. The minimum atomic E-state index is -0.0912. The van der Waals surface area contributed by atoms with Crippen LogP contribution >= 0.6 is 0 Å². The number of carbonyl (C=O) groups excluding carboxylic acids is 2. The first-order chi connectivity index (χ1) is 12.1. The summed E-state index contributed by atoms with van der Waals surface area (Å²) in [6.07, 6.45) is 1.66. The Labute approximate surface area is 147 Å². The maximum Gasteiger partial charge on any atom is 0.272 e. The van der Waals surface area contributed by atoms with Crippen molar-refractivity contribution < 1.29 is 9.59 Å². The van der Waals surface area contributed by atoms with Crippen molar-refractivity contribution in [3.05, 3.63) is 54.4 Å². The predicted octanol–water partition coefficient (Wildman–Crippen LogP) is 2.15. The molecule has 6 heteroatoms. The number of rotatable bonds is 3. The van der Waals surface area contributed by atoms with Crippen LogP contribution < -0.4 is 4.90 Å². The molecule has 1 aromatic heterocycles. The highest BCUT2D eigenvalue weighted by Gasteiger charge is 2.24. The highest BCUT2D eigenvalue weighted by atomic mass is 16.2. The van der Waals surface area contributed by atoms with Gasteiger partial charge in [-0.05, 0) is 24.3 Å². The van der Waals surface area contributed by atoms with E-state index in [0.29, 0.717) is 31.9 Å². The molecule has 6 nitrogen and oxygen atoms in total. The maximum atomic E-state index is 12.7. The zero-order valence-electron chi connectivity index (χ0n) is 14.6. The molecule has 0 N–H and O–H groups in total. The third-order valence-electron chi connectivity index (χ3n) is 4.51. The number of amides is 2. The predicted molar refractivity (Wildman–Crippen MR) is 96.9 cm³/mol. The molecule has 0 radical (unpaired) electrons. The first-order valence-electron chi connectivity index (χ1n) is 8.36. The molecule has 0 atom stereocenters. The number of carbonyl (C=O) groups is 2.